The Bertz CT molecular complexity index is 847. The molecule has 0 aliphatic rings. The van der Waals surface area contributed by atoms with Crippen LogP contribution in [0.1, 0.15) is 5.56 Å². The maximum Gasteiger partial charge on any atom is 0.246 e. The van der Waals surface area contributed by atoms with Crippen LogP contribution >= 0.6 is 11.3 Å². The number of methoxy groups -OCH3 is 1. The first-order chi connectivity index (χ1) is 13.3. The van der Waals surface area contributed by atoms with Crippen molar-refractivity contribution in [2.24, 2.45) is 0 Å². The molecule has 1 aromatic heterocycles. The minimum Gasteiger partial charge on any atom is -0.382 e. The third kappa shape index (κ3) is 5.72. The highest BCUT2D eigenvalue weighted by molar-refractivity contribution is 7.13. The molecular weight excluding hydrogens is 360 g/mol. The fourth-order valence-electron chi connectivity index (χ4n) is 2.47. The van der Waals surface area contributed by atoms with Gasteiger partial charge >= 0.3 is 0 Å². The standard InChI is InChI=1S/C21H22N2O3S/c1-25-11-12-26-14-20(24)22-13-16-7-9-18(10-8-16)21-23-19(15-27-21)17-5-3-2-4-6-17/h2-10,15H,11-14H2,1H3,(H,22,24). The van der Waals surface area contributed by atoms with Gasteiger partial charge in [-0.3, -0.25) is 4.79 Å². The molecule has 27 heavy (non-hydrogen) atoms. The number of ether oxygens (including phenoxy) is 2. The van der Waals surface area contributed by atoms with Crippen LogP contribution in [0.4, 0.5) is 0 Å². The molecule has 0 saturated carbocycles. The summed E-state index contributed by atoms with van der Waals surface area (Å²) in [4.78, 5) is 16.4. The number of carbonyl (C=O) groups is 1. The second-order valence-corrected chi connectivity index (χ2v) is 6.78. The highest BCUT2D eigenvalue weighted by Crippen LogP contribution is 2.28. The Morgan fingerprint density at radius 1 is 1.04 bits per heavy atom. The molecule has 0 spiro atoms. The maximum atomic E-state index is 11.7. The van der Waals surface area contributed by atoms with Crippen LogP contribution in [-0.2, 0) is 20.8 Å². The van der Waals surface area contributed by atoms with Crippen molar-refractivity contribution in [1.82, 2.24) is 10.3 Å². The summed E-state index contributed by atoms with van der Waals surface area (Å²) in [6, 6.07) is 18.2. The normalized spacial score (nSPS) is 10.7. The monoisotopic (exact) mass is 382 g/mol. The average molecular weight is 382 g/mol. The molecule has 0 aliphatic carbocycles. The van der Waals surface area contributed by atoms with E-state index in [-0.39, 0.29) is 12.5 Å². The number of benzene rings is 2. The van der Waals surface area contributed by atoms with Crippen molar-refractivity contribution in [3.05, 3.63) is 65.5 Å². The number of nitrogens with one attached hydrogen (secondary N) is 1. The smallest absolute Gasteiger partial charge is 0.246 e. The molecule has 6 heteroatoms. The summed E-state index contributed by atoms with van der Waals surface area (Å²) >= 11 is 1.63. The molecule has 0 radical (unpaired) electrons. The molecule has 1 heterocycles. The van der Waals surface area contributed by atoms with Gasteiger partial charge in [0, 0.05) is 30.2 Å². The van der Waals surface area contributed by atoms with Gasteiger partial charge in [0.1, 0.15) is 11.6 Å². The van der Waals surface area contributed by atoms with Crippen LogP contribution in [0, 0.1) is 0 Å². The number of thiazole rings is 1. The molecule has 0 bridgehead atoms. The SMILES string of the molecule is COCCOCC(=O)NCc1ccc(-c2nc(-c3ccccc3)cs2)cc1. The molecule has 0 fully saturated rings. The van der Waals surface area contributed by atoms with Gasteiger partial charge in [0.2, 0.25) is 5.91 Å². The van der Waals surface area contributed by atoms with E-state index in [2.05, 4.69) is 22.8 Å². The fourth-order valence-corrected chi connectivity index (χ4v) is 3.31. The first-order valence-corrected chi connectivity index (χ1v) is 9.58. The summed E-state index contributed by atoms with van der Waals surface area (Å²) in [5.74, 6) is -0.136. The van der Waals surface area contributed by atoms with Crippen molar-refractivity contribution < 1.29 is 14.3 Å². The summed E-state index contributed by atoms with van der Waals surface area (Å²) in [5.41, 5.74) is 4.21. The molecule has 140 valence electrons. The number of amides is 1. The highest BCUT2D eigenvalue weighted by Gasteiger charge is 2.07. The van der Waals surface area contributed by atoms with Gasteiger partial charge < -0.3 is 14.8 Å². The van der Waals surface area contributed by atoms with Gasteiger partial charge in [-0.2, -0.15) is 0 Å². The lowest BCUT2D eigenvalue weighted by Gasteiger charge is -2.07. The predicted octanol–water partition coefficient (Wildman–Crippen LogP) is 3.76. The van der Waals surface area contributed by atoms with Gasteiger partial charge in [-0.15, -0.1) is 11.3 Å². The molecule has 0 unspecified atom stereocenters. The van der Waals surface area contributed by atoms with Crippen molar-refractivity contribution in [3.63, 3.8) is 0 Å². The van der Waals surface area contributed by atoms with E-state index in [1.165, 1.54) is 0 Å². The van der Waals surface area contributed by atoms with Gasteiger partial charge in [0.15, 0.2) is 0 Å². The zero-order valence-corrected chi connectivity index (χ0v) is 16.0. The van der Waals surface area contributed by atoms with Crippen molar-refractivity contribution in [1.29, 1.82) is 0 Å². The Balaban J connectivity index is 1.53. The van der Waals surface area contributed by atoms with Gasteiger partial charge in [0.25, 0.3) is 0 Å². The third-order valence-corrected chi connectivity index (χ3v) is 4.82. The van der Waals surface area contributed by atoms with E-state index in [1.54, 1.807) is 18.4 Å². The zero-order valence-electron chi connectivity index (χ0n) is 15.2. The number of hydrogen-bond donors (Lipinski definition) is 1. The highest BCUT2D eigenvalue weighted by atomic mass is 32.1. The second kappa shape index (κ2) is 9.97. The lowest BCUT2D eigenvalue weighted by molar-refractivity contribution is -0.126. The quantitative estimate of drug-likeness (QED) is 0.573. The third-order valence-electron chi connectivity index (χ3n) is 3.93. The summed E-state index contributed by atoms with van der Waals surface area (Å²) in [5, 5.41) is 5.90. The molecule has 5 nitrogen and oxygen atoms in total. The Morgan fingerprint density at radius 2 is 1.81 bits per heavy atom. The minimum atomic E-state index is -0.136. The molecule has 0 saturated heterocycles. The summed E-state index contributed by atoms with van der Waals surface area (Å²) in [7, 11) is 1.60. The maximum absolute atomic E-state index is 11.7. The second-order valence-electron chi connectivity index (χ2n) is 5.92. The van der Waals surface area contributed by atoms with E-state index in [0.29, 0.717) is 19.8 Å². The molecule has 3 rings (SSSR count). The fraction of sp³-hybridized carbons (Fsp3) is 0.238. The van der Waals surface area contributed by atoms with E-state index in [1.807, 2.05) is 42.5 Å². The van der Waals surface area contributed by atoms with Crippen molar-refractivity contribution >= 4 is 17.2 Å². The minimum absolute atomic E-state index is 0.0445. The number of rotatable bonds is 9. The largest absolute Gasteiger partial charge is 0.382 e. The van der Waals surface area contributed by atoms with E-state index in [0.717, 1.165) is 27.4 Å². The van der Waals surface area contributed by atoms with Crippen LogP contribution in [-0.4, -0.2) is 37.8 Å². The van der Waals surface area contributed by atoms with E-state index >= 15 is 0 Å². The average Bonchev–Trinajstić information content (AvgIpc) is 3.21. The predicted molar refractivity (Wildman–Crippen MR) is 108 cm³/mol. The molecule has 0 aliphatic heterocycles. The summed E-state index contributed by atoms with van der Waals surface area (Å²) in [6.45, 7) is 1.41. The Labute approximate surface area is 163 Å². The van der Waals surface area contributed by atoms with Crippen LogP contribution in [0.5, 0.6) is 0 Å². The van der Waals surface area contributed by atoms with Crippen molar-refractivity contribution in [3.8, 4) is 21.8 Å². The molecule has 0 atom stereocenters. The van der Waals surface area contributed by atoms with Crippen LogP contribution in [0.25, 0.3) is 21.8 Å². The summed E-state index contributed by atoms with van der Waals surface area (Å²) in [6.07, 6.45) is 0. The first-order valence-electron chi connectivity index (χ1n) is 8.70. The van der Waals surface area contributed by atoms with Crippen LogP contribution in [0.3, 0.4) is 0 Å². The van der Waals surface area contributed by atoms with Crippen molar-refractivity contribution in [2.45, 2.75) is 6.54 Å². The lowest BCUT2D eigenvalue weighted by Crippen LogP contribution is -2.27. The van der Waals surface area contributed by atoms with E-state index < -0.39 is 0 Å². The van der Waals surface area contributed by atoms with Gasteiger partial charge in [-0.25, -0.2) is 4.98 Å². The van der Waals surface area contributed by atoms with E-state index in [4.69, 9.17) is 14.5 Å². The lowest BCUT2D eigenvalue weighted by atomic mass is 10.1. The van der Waals surface area contributed by atoms with Crippen molar-refractivity contribution in [2.75, 3.05) is 26.9 Å². The number of aromatic nitrogens is 1. The number of nitrogens with zero attached hydrogens (tertiary/aromatic N) is 1. The van der Waals surface area contributed by atoms with Crippen LogP contribution in [0.2, 0.25) is 0 Å². The molecule has 3 aromatic rings. The van der Waals surface area contributed by atoms with Gasteiger partial charge in [-0.1, -0.05) is 54.6 Å². The Hall–Kier alpha value is -2.54. The number of hydrogen-bond acceptors (Lipinski definition) is 5. The molecule has 2 aromatic carbocycles. The Kier molecular flexibility index (Phi) is 7.10. The Morgan fingerprint density at radius 3 is 2.56 bits per heavy atom. The topological polar surface area (TPSA) is 60.5 Å². The molecule has 1 amide bonds. The van der Waals surface area contributed by atoms with Gasteiger partial charge in [0.05, 0.1) is 18.9 Å². The summed E-state index contributed by atoms with van der Waals surface area (Å²) < 4.78 is 10.1. The number of carbonyl (C=O) groups excluding carboxylic acids is 1. The molecule has 1 N–H and O–H groups in total. The van der Waals surface area contributed by atoms with E-state index in [9.17, 15) is 4.79 Å². The molecular formula is C21H22N2O3S. The first kappa shape index (κ1) is 19.2. The van der Waals surface area contributed by atoms with Gasteiger partial charge in [-0.05, 0) is 5.56 Å². The van der Waals surface area contributed by atoms with Crippen LogP contribution in [0.15, 0.2) is 60.0 Å². The zero-order chi connectivity index (χ0) is 18.9. The van der Waals surface area contributed by atoms with Crippen LogP contribution < -0.4 is 5.32 Å².